The van der Waals surface area contributed by atoms with Gasteiger partial charge in [-0.05, 0) is 31.0 Å². The summed E-state index contributed by atoms with van der Waals surface area (Å²) >= 11 is 0. The number of rotatable bonds is 3. The number of halogens is 1. The Hall–Kier alpha value is -1.81. The van der Waals surface area contributed by atoms with Gasteiger partial charge in [-0.1, -0.05) is 18.2 Å². The van der Waals surface area contributed by atoms with Crippen LogP contribution in [0.25, 0.3) is 0 Å². The highest BCUT2D eigenvalue weighted by Crippen LogP contribution is 2.20. The van der Waals surface area contributed by atoms with E-state index in [-0.39, 0.29) is 5.82 Å². The van der Waals surface area contributed by atoms with Gasteiger partial charge in [0.1, 0.15) is 5.82 Å². The summed E-state index contributed by atoms with van der Waals surface area (Å²) < 4.78 is 13.5. The molecule has 0 aliphatic carbocycles. The van der Waals surface area contributed by atoms with Crippen LogP contribution in [0.5, 0.6) is 0 Å². The van der Waals surface area contributed by atoms with E-state index in [4.69, 9.17) is 0 Å². The van der Waals surface area contributed by atoms with Crippen molar-refractivity contribution in [3.8, 4) is 0 Å². The van der Waals surface area contributed by atoms with Crippen LogP contribution in [0.15, 0.2) is 36.7 Å². The Bertz CT molecular complexity index is 548. The molecular formula is C15H16FN3. The van der Waals surface area contributed by atoms with Crippen molar-refractivity contribution in [1.82, 2.24) is 15.3 Å². The summed E-state index contributed by atoms with van der Waals surface area (Å²) in [7, 11) is 0. The third-order valence-electron chi connectivity index (χ3n) is 3.47. The molecule has 1 aliphatic rings. The van der Waals surface area contributed by atoms with Gasteiger partial charge in [-0.2, -0.15) is 0 Å². The molecule has 1 saturated heterocycles. The van der Waals surface area contributed by atoms with Crippen molar-refractivity contribution in [2.24, 2.45) is 0 Å². The maximum atomic E-state index is 13.5. The van der Waals surface area contributed by atoms with E-state index in [1.165, 1.54) is 12.5 Å². The van der Waals surface area contributed by atoms with Crippen LogP contribution in [0.1, 0.15) is 35.8 Å². The predicted molar refractivity (Wildman–Crippen MR) is 71.2 cm³/mol. The summed E-state index contributed by atoms with van der Waals surface area (Å²) in [5.41, 5.74) is 2.44. The Kier molecular flexibility index (Phi) is 3.51. The molecule has 0 radical (unpaired) electrons. The molecule has 98 valence electrons. The van der Waals surface area contributed by atoms with Gasteiger partial charge in [0.05, 0.1) is 23.6 Å². The van der Waals surface area contributed by atoms with Crippen LogP contribution < -0.4 is 5.32 Å². The van der Waals surface area contributed by atoms with Gasteiger partial charge < -0.3 is 5.32 Å². The van der Waals surface area contributed by atoms with E-state index in [1.54, 1.807) is 24.5 Å². The first kappa shape index (κ1) is 12.2. The van der Waals surface area contributed by atoms with Crippen LogP contribution >= 0.6 is 0 Å². The van der Waals surface area contributed by atoms with Crippen LogP contribution in [0.2, 0.25) is 0 Å². The Morgan fingerprint density at radius 3 is 2.79 bits per heavy atom. The molecule has 0 amide bonds. The summed E-state index contributed by atoms with van der Waals surface area (Å²) in [5, 5.41) is 3.39. The molecule has 0 spiro atoms. The predicted octanol–water partition coefficient (Wildman–Crippen LogP) is 2.63. The highest BCUT2D eigenvalue weighted by Gasteiger charge is 2.17. The molecular weight excluding hydrogens is 241 g/mol. The fourth-order valence-electron chi connectivity index (χ4n) is 2.41. The SMILES string of the molecule is Fc1ccccc1Cc1cnc([C@H]2CCCN2)cn1. The molecule has 2 aromatic rings. The second kappa shape index (κ2) is 5.45. The topological polar surface area (TPSA) is 37.8 Å². The molecule has 3 rings (SSSR count). The Morgan fingerprint density at radius 2 is 2.11 bits per heavy atom. The second-order valence-corrected chi connectivity index (χ2v) is 4.85. The van der Waals surface area contributed by atoms with E-state index in [9.17, 15) is 4.39 Å². The second-order valence-electron chi connectivity index (χ2n) is 4.85. The zero-order valence-electron chi connectivity index (χ0n) is 10.6. The van der Waals surface area contributed by atoms with Gasteiger partial charge in [0.15, 0.2) is 0 Å². The molecule has 0 unspecified atom stereocenters. The quantitative estimate of drug-likeness (QED) is 0.918. The van der Waals surface area contributed by atoms with Crippen molar-refractivity contribution in [3.63, 3.8) is 0 Å². The van der Waals surface area contributed by atoms with E-state index < -0.39 is 0 Å². The normalized spacial score (nSPS) is 18.7. The zero-order valence-corrected chi connectivity index (χ0v) is 10.6. The van der Waals surface area contributed by atoms with Gasteiger partial charge in [0.25, 0.3) is 0 Å². The van der Waals surface area contributed by atoms with E-state index in [0.29, 0.717) is 18.0 Å². The minimum Gasteiger partial charge on any atom is -0.309 e. The highest BCUT2D eigenvalue weighted by atomic mass is 19.1. The molecule has 1 aromatic carbocycles. The van der Waals surface area contributed by atoms with Gasteiger partial charge in [0, 0.05) is 12.6 Å². The Balaban J connectivity index is 1.74. The van der Waals surface area contributed by atoms with Crippen LogP contribution in [-0.4, -0.2) is 16.5 Å². The van der Waals surface area contributed by atoms with Gasteiger partial charge in [0.2, 0.25) is 0 Å². The summed E-state index contributed by atoms with van der Waals surface area (Å²) in [6, 6.07) is 7.11. The van der Waals surface area contributed by atoms with Gasteiger partial charge in [-0.3, -0.25) is 9.97 Å². The molecule has 1 fully saturated rings. The molecule has 1 aliphatic heterocycles. The van der Waals surface area contributed by atoms with Crippen molar-refractivity contribution in [1.29, 1.82) is 0 Å². The average Bonchev–Trinajstić information content (AvgIpc) is 2.96. The van der Waals surface area contributed by atoms with Crippen molar-refractivity contribution in [2.75, 3.05) is 6.54 Å². The molecule has 3 nitrogen and oxygen atoms in total. The lowest BCUT2D eigenvalue weighted by Gasteiger charge is -2.09. The monoisotopic (exact) mass is 257 g/mol. The molecule has 19 heavy (non-hydrogen) atoms. The molecule has 4 heteroatoms. The maximum Gasteiger partial charge on any atom is 0.126 e. The van der Waals surface area contributed by atoms with Crippen molar-refractivity contribution in [3.05, 3.63) is 59.4 Å². The van der Waals surface area contributed by atoms with E-state index in [1.807, 2.05) is 6.07 Å². The van der Waals surface area contributed by atoms with E-state index >= 15 is 0 Å². The van der Waals surface area contributed by atoms with Crippen LogP contribution in [0, 0.1) is 5.82 Å². The summed E-state index contributed by atoms with van der Waals surface area (Å²) in [5.74, 6) is -0.189. The maximum absolute atomic E-state index is 13.5. The zero-order chi connectivity index (χ0) is 13.1. The molecule has 0 saturated carbocycles. The van der Waals surface area contributed by atoms with E-state index in [0.717, 1.165) is 24.4 Å². The number of nitrogens with zero attached hydrogens (tertiary/aromatic N) is 2. The molecule has 1 aromatic heterocycles. The third-order valence-corrected chi connectivity index (χ3v) is 3.47. The Labute approximate surface area is 111 Å². The molecule has 2 heterocycles. The lowest BCUT2D eigenvalue weighted by molar-refractivity contribution is 0.610. The number of hydrogen-bond donors (Lipinski definition) is 1. The first-order valence-electron chi connectivity index (χ1n) is 6.60. The summed E-state index contributed by atoms with van der Waals surface area (Å²) in [6.45, 7) is 1.04. The van der Waals surface area contributed by atoms with Gasteiger partial charge >= 0.3 is 0 Å². The van der Waals surface area contributed by atoms with Gasteiger partial charge in [-0.25, -0.2) is 4.39 Å². The van der Waals surface area contributed by atoms with Crippen LogP contribution in [0.4, 0.5) is 4.39 Å². The Morgan fingerprint density at radius 1 is 1.21 bits per heavy atom. The summed E-state index contributed by atoms with van der Waals surface area (Å²) in [4.78, 5) is 8.83. The average molecular weight is 257 g/mol. The smallest absolute Gasteiger partial charge is 0.126 e. The van der Waals surface area contributed by atoms with Crippen molar-refractivity contribution in [2.45, 2.75) is 25.3 Å². The first-order chi connectivity index (χ1) is 9.33. The molecule has 0 bridgehead atoms. The minimum absolute atomic E-state index is 0.189. The molecule has 1 N–H and O–H groups in total. The fraction of sp³-hybridized carbons (Fsp3) is 0.333. The lowest BCUT2D eigenvalue weighted by atomic mass is 10.1. The third kappa shape index (κ3) is 2.79. The minimum atomic E-state index is -0.189. The summed E-state index contributed by atoms with van der Waals surface area (Å²) in [6.07, 6.45) is 6.34. The van der Waals surface area contributed by atoms with Gasteiger partial charge in [-0.15, -0.1) is 0 Å². The highest BCUT2D eigenvalue weighted by molar-refractivity contribution is 5.22. The largest absolute Gasteiger partial charge is 0.309 e. The number of aromatic nitrogens is 2. The first-order valence-corrected chi connectivity index (χ1v) is 6.60. The lowest BCUT2D eigenvalue weighted by Crippen LogP contribution is -2.14. The number of benzene rings is 1. The van der Waals surface area contributed by atoms with Crippen molar-refractivity contribution < 1.29 is 4.39 Å². The standard InChI is InChI=1S/C15H16FN3/c16-13-5-2-1-4-11(13)8-12-9-19-15(10-18-12)14-6-3-7-17-14/h1-2,4-5,9-10,14,17H,3,6-8H2/t14-/m1/s1. The fourth-order valence-corrected chi connectivity index (χ4v) is 2.41. The van der Waals surface area contributed by atoms with Crippen LogP contribution in [0.3, 0.4) is 0 Å². The van der Waals surface area contributed by atoms with E-state index in [2.05, 4.69) is 15.3 Å². The van der Waals surface area contributed by atoms with Crippen LogP contribution in [-0.2, 0) is 6.42 Å². The molecule has 1 atom stereocenters. The van der Waals surface area contributed by atoms with Crippen molar-refractivity contribution >= 4 is 0 Å². The number of hydrogen-bond acceptors (Lipinski definition) is 3. The number of nitrogens with one attached hydrogen (secondary N) is 1.